The molecule has 1 fully saturated rings. The van der Waals surface area contributed by atoms with Crippen molar-refractivity contribution in [3.8, 4) is 0 Å². The number of nitrogens with one attached hydrogen (secondary N) is 1. The Morgan fingerprint density at radius 1 is 1.35 bits per heavy atom. The number of anilines is 1. The van der Waals surface area contributed by atoms with Gasteiger partial charge in [0.1, 0.15) is 6.04 Å². The molecule has 5 nitrogen and oxygen atoms in total. The van der Waals surface area contributed by atoms with Crippen LogP contribution >= 0.6 is 11.8 Å². The first-order valence-corrected chi connectivity index (χ1v) is 7.60. The van der Waals surface area contributed by atoms with Crippen LogP contribution < -0.4 is 5.32 Å². The molecule has 0 aliphatic carbocycles. The molecule has 20 heavy (non-hydrogen) atoms. The molecule has 1 aliphatic heterocycles. The zero-order valence-electron chi connectivity index (χ0n) is 11.5. The number of carbonyl (C=O) groups is 2. The Bertz CT molecular complexity index is 533. The number of carboxylic acids is 1. The van der Waals surface area contributed by atoms with E-state index in [0.29, 0.717) is 18.0 Å². The van der Waals surface area contributed by atoms with Crippen LogP contribution in [-0.4, -0.2) is 46.1 Å². The molecule has 108 valence electrons. The first-order chi connectivity index (χ1) is 9.49. The zero-order chi connectivity index (χ0) is 14.7. The molecule has 1 unspecified atom stereocenters. The molecular weight excluding hydrogens is 276 g/mol. The van der Waals surface area contributed by atoms with Gasteiger partial charge in [0.25, 0.3) is 0 Å². The molecule has 0 aromatic heterocycles. The van der Waals surface area contributed by atoms with E-state index in [1.807, 2.05) is 32.0 Å². The summed E-state index contributed by atoms with van der Waals surface area (Å²) in [6, 6.07) is 4.56. The summed E-state index contributed by atoms with van der Waals surface area (Å²) in [4.78, 5) is 24.8. The van der Waals surface area contributed by atoms with Crippen molar-refractivity contribution in [2.45, 2.75) is 19.9 Å². The molecular formula is C14H18N2O3S. The molecule has 0 bridgehead atoms. The first kappa shape index (κ1) is 14.7. The van der Waals surface area contributed by atoms with Gasteiger partial charge in [-0.05, 0) is 37.1 Å². The number of benzene rings is 1. The Morgan fingerprint density at radius 2 is 2.10 bits per heavy atom. The molecule has 6 heteroatoms. The lowest BCUT2D eigenvalue weighted by atomic mass is 10.1. The van der Waals surface area contributed by atoms with Gasteiger partial charge in [-0.3, -0.25) is 0 Å². The maximum Gasteiger partial charge on any atom is 0.327 e. The molecule has 1 heterocycles. The Labute approximate surface area is 122 Å². The van der Waals surface area contributed by atoms with Gasteiger partial charge in [-0.1, -0.05) is 6.07 Å². The van der Waals surface area contributed by atoms with Crippen LogP contribution in [0.3, 0.4) is 0 Å². The number of carboxylic acid groups (broad SMARTS) is 1. The van der Waals surface area contributed by atoms with Gasteiger partial charge in [0.15, 0.2) is 0 Å². The van der Waals surface area contributed by atoms with Crippen LogP contribution in [0.15, 0.2) is 18.2 Å². The van der Waals surface area contributed by atoms with E-state index in [4.69, 9.17) is 5.11 Å². The topological polar surface area (TPSA) is 69.6 Å². The van der Waals surface area contributed by atoms with Crippen molar-refractivity contribution in [3.05, 3.63) is 29.3 Å². The Hall–Kier alpha value is -1.69. The third-order valence-corrected chi connectivity index (χ3v) is 4.46. The van der Waals surface area contributed by atoms with Crippen LogP contribution in [0.1, 0.15) is 11.1 Å². The largest absolute Gasteiger partial charge is 0.480 e. The number of aryl methyl sites for hydroxylation is 2. The van der Waals surface area contributed by atoms with Gasteiger partial charge in [0, 0.05) is 23.7 Å². The minimum Gasteiger partial charge on any atom is -0.480 e. The summed E-state index contributed by atoms with van der Waals surface area (Å²) >= 11 is 1.56. The molecule has 1 aromatic rings. The summed E-state index contributed by atoms with van der Waals surface area (Å²) < 4.78 is 0. The van der Waals surface area contributed by atoms with Crippen LogP contribution in [0, 0.1) is 13.8 Å². The maximum absolute atomic E-state index is 12.2. The molecule has 2 rings (SSSR count). The molecule has 2 amide bonds. The normalized spacial score (nSPS) is 18.7. The summed E-state index contributed by atoms with van der Waals surface area (Å²) in [5.41, 5.74) is 2.94. The fraction of sp³-hybridized carbons (Fsp3) is 0.429. The van der Waals surface area contributed by atoms with Crippen molar-refractivity contribution < 1.29 is 14.7 Å². The monoisotopic (exact) mass is 294 g/mol. The highest BCUT2D eigenvalue weighted by Gasteiger charge is 2.32. The molecule has 0 radical (unpaired) electrons. The van der Waals surface area contributed by atoms with Crippen molar-refractivity contribution in [3.63, 3.8) is 0 Å². The van der Waals surface area contributed by atoms with Gasteiger partial charge in [-0.2, -0.15) is 11.8 Å². The number of nitrogens with zero attached hydrogens (tertiary/aromatic N) is 1. The average molecular weight is 294 g/mol. The number of aliphatic carboxylic acids is 1. The van der Waals surface area contributed by atoms with Gasteiger partial charge in [0.05, 0.1) is 0 Å². The lowest BCUT2D eigenvalue weighted by Crippen LogP contribution is -2.51. The van der Waals surface area contributed by atoms with Crippen LogP contribution in [0.4, 0.5) is 10.5 Å². The Morgan fingerprint density at radius 3 is 2.75 bits per heavy atom. The van der Waals surface area contributed by atoms with E-state index < -0.39 is 12.0 Å². The predicted molar refractivity (Wildman–Crippen MR) is 80.4 cm³/mol. The summed E-state index contributed by atoms with van der Waals surface area (Å²) in [5, 5.41) is 11.9. The standard InChI is InChI=1S/C14H18N2O3S/c1-9-3-4-11(7-10(9)2)15-14(19)16-5-6-20-8-12(16)13(17)18/h3-4,7,12H,5-6,8H2,1-2H3,(H,15,19)(H,17,18). The first-order valence-electron chi connectivity index (χ1n) is 6.44. The minimum absolute atomic E-state index is 0.346. The molecule has 1 aliphatic rings. The number of hydrogen-bond acceptors (Lipinski definition) is 3. The number of rotatable bonds is 2. The van der Waals surface area contributed by atoms with Gasteiger partial charge < -0.3 is 15.3 Å². The summed E-state index contributed by atoms with van der Waals surface area (Å²) in [6.07, 6.45) is 0. The number of thioether (sulfide) groups is 1. The number of urea groups is 1. The lowest BCUT2D eigenvalue weighted by molar-refractivity contribution is -0.141. The van der Waals surface area contributed by atoms with E-state index in [1.165, 1.54) is 4.90 Å². The summed E-state index contributed by atoms with van der Waals surface area (Å²) in [7, 11) is 0. The smallest absolute Gasteiger partial charge is 0.327 e. The summed E-state index contributed by atoms with van der Waals surface area (Å²) in [6.45, 7) is 4.43. The van der Waals surface area contributed by atoms with Crippen molar-refractivity contribution >= 4 is 29.4 Å². The van der Waals surface area contributed by atoms with Crippen LogP contribution in [0.5, 0.6) is 0 Å². The highest BCUT2D eigenvalue weighted by Crippen LogP contribution is 2.19. The van der Waals surface area contributed by atoms with Gasteiger partial charge in [-0.15, -0.1) is 0 Å². The molecule has 0 saturated carbocycles. The molecule has 1 saturated heterocycles. The lowest BCUT2D eigenvalue weighted by Gasteiger charge is -2.32. The van der Waals surface area contributed by atoms with E-state index >= 15 is 0 Å². The van der Waals surface area contributed by atoms with E-state index in [9.17, 15) is 9.59 Å². The SMILES string of the molecule is Cc1ccc(NC(=O)N2CCSCC2C(=O)O)cc1C. The predicted octanol–water partition coefficient (Wildman–Crippen LogP) is 2.34. The Balaban J connectivity index is 2.09. The molecule has 1 atom stereocenters. The average Bonchev–Trinajstić information content (AvgIpc) is 2.43. The maximum atomic E-state index is 12.2. The highest BCUT2D eigenvalue weighted by atomic mass is 32.2. The van der Waals surface area contributed by atoms with Crippen LogP contribution in [0.2, 0.25) is 0 Å². The van der Waals surface area contributed by atoms with E-state index in [1.54, 1.807) is 11.8 Å². The van der Waals surface area contributed by atoms with Crippen molar-refractivity contribution in [2.75, 3.05) is 23.4 Å². The number of carbonyl (C=O) groups excluding carboxylic acids is 1. The Kier molecular flexibility index (Phi) is 4.54. The summed E-state index contributed by atoms with van der Waals surface area (Å²) in [5.74, 6) is 0.257. The zero-order valence-corrected chi connectivity index (χ0v) is 12.4. The fourth-order valence-electron chi connectivity index (χ4n) is 2.07. The third-order valence-electron chi connectivity index (χ3n) is 3.43. The highest BCUT2D eigenvalue weighted by molar-refractivity contribution is 7.99. The van der Waals surface area contributed by atoms with Crippen molar-refractivity contribution in [2.24, 2.45) is 0 Å². The quantitative estimate of drug-likeness (QED) is 0.878. The number of amides is 2. The van der Waals surface area contributed by atoms with Crippen molar-refractivity contribution in [1.82, 2.24) is 4.90 Å². The fourth-order valence-corrected chi connectivity index (χ4v) is 3.10. The molecule has 1 aromatic carbocycles. The van der Waals surface area contributed by atoms with Crippen molar-refractivity contribution in [1.29, 1.82) is 0 Å². The van der Waals surface area contributed by atoms with Gasteiger partial charge in [-0.25, -0.2) is 9.59 Å². The minimum atomic E-state index is -0.951. The molecule has 0 spiro atoms. The second-order valence-corrected chi connectivity index (χ2v) is 6.00. The second-order valence-electron chi connectivity index (χ2n) is 4.85. The van der Waals surface area contributed by atoms with Gasteiger partial charge in [0.2, 0.25) is 0 Å². The third kappa shape index (κ3) is 3.25. The molecule has 2 N–H and O–H groups in total. The van der Waals surface area contributed by atoms with E-state index in [2.05, 4.69) is 5.32 Å². The van der Waals surface area contributed by atoms with Gasteiger partial charge >= 0.3 is 12.0 Å². The van der Waals surface area contributed by atoms with E-state index in [0.717, 1.165) is 16.9 Å². The van der Waals surface area contributed by atoms with E-state index in [-0.39, 0.29) is 6.03 Å². The second kappa shape index (κ2) is 6.17. The number of hydrogen-bond donors (Lipinski definition) is 2. The van der Waals surface area contributed by atoms with Crippen LogP contribution in [-0.2, 0) is 4.79 Å². The van der Waals surface area contributed by atoms with Crippen LogP contribution in [0.25, 0.3) is 0 Å².